The van der Waals surface area contributed by atoms with Gasteiger partial charge in [-0.25, -0.2) is 0 Å². The molecule has 6 nitrogen and oxygen atoms in total. The Morgan fingerprint density at radius 2 is 2.29 bits per heavy atom. The minimum absolute atomic E-state index is 0.164. The first kappa shape index (κ1) is 12.5. The highest BCUT2D eigenvalue weighted by molar-refractivity contribution is 5.01. The molecule has 17 heavy (non-hydrogen) atoms. The first-order valence-corrected chi connectivity index (χ1v) is 5.93. The van der Waals surface area contributed by atoms with Crippen LogP contribution in [0.15, 0.2) is 4.52 Å². The topological polar surface area (TPSA) is 63.4 Å². The summed E-state index contributed by atoms with van der Waals surface area (Å²) >= 11 is 0. The molecule has 0 saturated carbocycles. The average molecular weight is 240 g/mol. The summed E-state index contributed by atoms with van der Waals surface area (Å²) in [6.07, 6.45) is 0.979. The van der Waals surface area contributed by atoms with E-state index in [0.717, 1.165) is 18.9 Å². The fourth-order valence-electron chi connectivity index (χ4n) is 2.09. The van der Waals surface area contributed by atoms with E-state index in [2.05, 4.69) is 15.5 Å². The van der Waals surface area contributed by atoms with Gasteiger partial charge in [-0.05, 0) is 27.6 Å². The van der Waals surface area contributed by atoms with Crippen LogP contribution < -0.4 is 5.32 Å². The van der Waals surface area contributed by atoms with Crippen LogP contribution in [0.4, 0.5) is 0 Å². The Morgan fingerprint density at radius 3 is 3.00 bits per heavy atom. The molecule has 2 heterocycles. The first-order valence-electron chi connectivity index (χ1n) is 5.93. The molecule has 1 aromatic rings. The van der Waals surface area contributed by atoms with Crippen molar-refractivity contribution in [3.63, 3.8) is 0 Å². The van der Waals surface area contributed by atoms with Crippen LogP contribution in [-0.4, -0.2) is 55.4 Å². The van der Waals surface area contributed by atoms with Crippen molar-refractivity contribution in [2.45, 2.75) is 24.9 Å². The lowest BCUT2D eigenvalue weighted by molar-refractivity contribution is 0.0516. The van der Waals surface area contributed by atoms with Crippen LogP contribution >= 0.6 is 0 Å². The van der Waals surface area contributed by atoms with Gasteiger partial charge in [0.15, 0.2) is 5.82 Å². The smallest absolute Gasteiger partial charge is 0.233 e. The molecule has 0 radical (unpaired) electrons. The van der Waals surface area contributed by atoms with E-state index in [0.29, 0.717) is 25.1 Å². The minimum atomic E-state index is 0.164. The number of ether oxygens (including phenoxy) is 1. The largest absolute Gasteiger partial charge is 0.381 e. The predicted octanol–water partition coefficient (Wildman–Crippen LogP) is 0.223. The molecular weight excluding hydrogens is 220 g/mol. The molecule has 2 unspecified atom stereocenters. The van der Waals surface area contributed by atoms with Crippen LogP contribution in [0.1, 0.15) is 24.1 Å². The van der Waals surface area contributed by atoms with Gasteiger partial charge < -0.3 is 19.5 Å². The normalized spacial score (nSPS) is 25.4. The maximum atomic E-state index is 5.48. The Labute approximate surface area is 101 Å². The van der Waals surface area contributed by atoms with Gasteiger partial charge in [0.1, 0.15) is 0 Å². The zero-order chi connectivity index (χ0) is 12.3. The predicted molar refractivity (Wildman–Crippen MR) is 62.7 cm³/mol. The Morgan fingerprint density at radius 1 is 1.47 bits per heavy atom. The maximum Gasteiger partial charge on any atom is 0.233 e. The van der Waals surface area contributed by atoms with E-state index in [4.69, 9.17) is 9.26 Å². The summed E-state index contributed by atoms with van der Waals surface area (Å²) in [5.41, 5.74) is 0. The Bertz CT molecular complexity index is 353. The van der Waals surface area contributed by atoms with Crippen LogP contribution in [0.25, 0.3) is 0 Å². The van der Waals surface area contributed by atoms with Crippen molar-refractivity contribution in [1.29, 1.82) is 0 Å². The van der Waals surface area contributed by atoms with Gasteiger partial charge in [-0.15, -0.1) is 0 Å². The SMILES string of the molecule is CNC1CCOCC1c1nc(CN(C)C)no1. The lowest BCUT2D eigenvalue weighted by Gasteiger charge is -2.28. The van der Waals surface area contributed by atoms with Crippen LogP contribution in [0, 0.1) is 0 Å². The van der Waals surface area contributed by atoms with Crippen LogP contribution in [0.2, 0.25) is 0 Å². The molecule has 0 amide bonds. The van der Waals surface area contributed by atoms with Crippen molar-refractivity contribution < 1.29 is 9.26 Å². The Hall–Kier alpha value is -0.980. The molecule has 1 aliphatic heterocycles. The molecule has 1 aliphatic rings. The van der Waals surface area contributed by atoms with Crippen molar-refractivity contribution in [2.75, 3.05) is 34.4 Å². The lowest BCUT2D eigenvalue weighted by atomic mass is 9.96. The quantitative estimate of drug-likeness (QED) is 0.812. The molecular formula is C11H20N4O2. The molecule has 0 aromatic carbocycles. The van der Waals surface area contributed by atoms with Crippen molar-refractivity contribution in [1.82, 2.24) is 20.4 Å². The summed E-state index contributed by atoms with van der Waals surface area (Å²) in [7, 11) is 5.92. The van der Waals surface area contributed by atoms with E-state index < -0.39 is 0 Å². The number of hydrogen-bond acceptors (Lipinski definition) is 6. The minimum Gasteiger partial charge on any atom is -0.381 e. The number of rotatable bonds is 4. The molecule has 0 aliphatic carbocycles. The average Bonchev–Trinajstić information content (AvgIpc) is 2.76. The summed E-state index contributed by atoms with van der Waals surface area (Å²) in [4.78, 5) is 6.45. The summed E-state index contributed by atoms with van der Waals surface area (Å²) in [5, 5.41) is 7.27. The fourth-order valence-corrected chi connectivity index (χ4v) is 2.09. The van der Waals surface area contributed by atoms with E-state index in [9.17, 15) is 0 Å². The molecule has 2 atom stereocenters. The number of hydrogen-bond donors (Lipinski definition) is 1. The molecule has 1 aromatic heterocycles. The second-order valence-corrected chi connectivity index (χ2v) is 4.65. The molecule has 2 rings (SSSR count). The lowest BCUT2D eigenvalue weighted by Crippen LogP contribution is -2.39. The van der Waals surface area contributed by atoms with Gasteiger partial charge in [0.25, 0.3) is 0 Å². The van der Waals surface area contributed by atoms with Gasteiger partial charge in [-0.1, -0.05) is 5.16 Å². The van der Waals surface area contributed by atoms with E-state index in [1.165, 1.54) is 0 Å². The Balaban J connectivity index is 2.07. The first-order chi connectivity index (χ1) is 8.20. The van der Waals surface area contributed by atoms with Gasteiger partial charge in [-0.2, -0.15) is 4.98 Å². The Kier molecular flexibility index (Phi) is 4.09. The zero-order valence-corrected chi connectivity index (χ0v) is 10.6. The monoisotopic (exact) mass is 240 g/mol. The summed E-state index contributed by atoms with van der Waals surface area (Å²) in [6, 6.07) is 0.358. The van der Waals surface area contributed by atoms with Gasteiger partial charge in [0, 0.05) is 12.6 Å². The highest BCUT2D eigenvalue weighted by Gasteiger charge is 2.30. The van der Waals surface area contributed by atoms with E-state index in [1.54, 1.807) is 0 Å². The third-order valence-electron chi connectivity index (χ3n) is 2.99. The molecule has 1 saturated heterocycles. The van der Waals surface area contributed by atoms with Gasteiger partial charge in [-0.3, -0.25) is 0 Å². The van der Waals surface area contributed by atoms with Gasteiger partial charge in [0.2, 0.25) is 5.89 Å². The molecule has 0 spiro atoms. The fraction of sp³-hybridized carbons (Fsp3) is 0.818. The van der Waals surface area contributed by atoms with Crippen molar-refractivity contribution in [3.05, 3.63) is 11.7 Å². The second-order valence-electron chi connectivity index (χ2n) is 4.65. The van der Waals surface area contributed by atoms with Gasteiger partial charge in [0.05, 0.1) is 19.1 Å². The van der Waals surface area contributed by atoms with E-state index in [1.807, 2.05) is 26.0 Å². The van der Waals surface area contributed by atoms with Crippen molar-refractivity contribution >= 4 is 0 Å². The number of aromatic nitrogens is 2. The van der Waals surface area contributed by atoms with E-state index in [-0.39, 0.29) is 5.92 Å². The summed E-state index contributed by atoms with van der Waals surface area (Å²) in [5.74, 6) is 1.57. The van der Waals surface area contributed by atoms with Crippen LogP contribution in [0.3, 0.4) is 0 Å². The molecule has 0 bridgehead atoms. The second kappa shape index (κ2) is 5.57. The molecule has 96 valence electrons. The third kappa shape index (κ3) is 3.02. The highest BCUT2D eigenvalue weighted by atomic mass is 16.5. The summed E-state index contributed by atoms with van der Waals surface area (Å²) in [6.45, 7) is 2.14. The maximum absolute atomic E-state index is 5.48. The number of nitrogens with one attached hydrogen (secondary N) is 1. The third-order valence-corrected chi connectivity index (χ3v) is 2.99. The van der Waals surface area contributed by atoms with Crippen molar-refractivity contribution in [2.24, 2.45) is 0 Å². The number of likely N-dealkylation sites (N-methyl/N-ethyl adjacent to an activating group) is 1. The standard InChI is InChI=1S/C11H20N4O2/c1-12-9-4-5-16-7-8(9)11-13-10(14-17-11)6-15(2)3/h8-9,12H,4-7H2,1-3H3. The van der Waals surface area contributed by atoms with Crippen LogP contribution in [0.5, 0.6) is 0 Å². The zero-order valence-electron chi connectivity index (χ0n) is 10.6. The molecule has 6 heteroatoms. The highest BCUT2D eigenvalue weighted by Crippen LogP contribution is 2.24. The van der Waals surface area contributed by atoms with E-state index >= 15 is 0 Å². The molecule has 1 N–H and O–H groups in total. The van der Waals surface area contributed by atoms with Crippen LogP contribution in [-0.2, 0) is 11.3 Å². The van der Waals surface area contributed by atoms with Crippen molar-refractivity contribution in [3.8, 4) is 0 Å². The molecule has 1 fully saturated rings. The van der Waals surface area contributed by atoms with Gasteiger partial charge >= 0.3 is 0 Å². The summed E-state index contributed by atoms with van der Waals surface area (Å²) < 4.78 is 10.8. The number of nitrogens with zero attached hydrogens (tertiary/aromatic N) is 3.